The van der Waals surface area contributed by atoms with Crippen molar-refractivity contribution in [2.75, 3.05) is 4.81 Å². The molecule has 0 saturated carbocycles. The van der Waals surface area contributed by atoms with Crippen LogP contribution >= 0.6 is 34.0 Å². The molecule has 0 amide bonds. The number of aromatic nitrogens is 1. The molecule has 0 fully saturated rings. The number of thiophene rings is 3. The number of hydrogen-bond donors (Lipinski definition) is 0. The molecule has 6 heterocycles. The second-order valence-corrected chi connectivity index (χ2v) is 24.2. The predicted octanol–water partition coefficient (Wildman–Crippen LogP) is 15.9. The molecular formula is C56H47BN2S3. The van der Waals surface area contributed by atoms with E-state index in [2.05, 4.69) is 193 Å². The van der Waals surface area contributed by atoms with Crippen LogP contribution in [0.2, 0.25) is 0 Å². The highest BCUT2D eigenvalue weighted by Crippen LogP contribution is 2.55. The summed E-state index contributed by atoms with van der Waals surface area (Å²) in [6.07, 6.45) is 0. The van der Waals surface area contributed by atoms with Gasteiger partial charge in [0, 0.05) is 82.9 Å². The molecule has 2 nitrogen and oxygen atoms in total. The quantitative estimate of drug-likeness (QED) is 0.149. The summed E-state index contributed by atoms with van der Waals surface area (Å²) in [4.78, 5) is 2.74. The Morgan fingerprint density at radius 2 is 1.10 bits per heavy atom. The molecule has 0 unspecified atom stereocenters. The SMILES string of the molecule is CC(C)(C)c1ccc(N2B3c4sc5ccc(C(C)(C)C)cc5c4-n4c5ccc(C(C)(C)C)cc5c5c6sc7ccccc7c6c(c3c54)-c3cc4c(cc32)sc2ccccc24)cc1. The van der Waals surface area contributed by atoms with Gasteiger partial charge in [-0.15, -0.1) is 34.0 Å². The third kappa shape index (κ3) is 4.92. The normalized spacial score (nSPS) is 14.1. The van der Waals surface area contributed by atoms with E-state index in [-0.39, 0.29) is 23.1 Å². The number of rotatable bonds is 1. The van der Waals surface area contributed by atoms with Crippen LogP contribution < -0.4 is 15.1 Å². The smallest absolute Gasteiger partial charge is 0.343 e. The van der Waals surface area contributed by atoms with Crippen molar-refractivity contribution in [3.8, 4) is 16.8 Å². The van der Waals surface area contributed by atoms with Crippen molar-refractivity contribution in [1.29, 1.82) is 0 Å². The minimum atomic E-state index is -0.0419. The Bertz CT molecular complexity index is 3760. The van der Waals surface area contributed by atoms with E-state index in [0.29, 0.717) is 0 Å². The van der Waals surface area contributed by atoms with Crippen LogP contribution in [0.5, 0.6) is 0 Å². The van der Waals surface area contributed by atoms with Crippen molar-refractivity contribution in [3.05, 3.63) is 138 Å². The van der Waals surface area contributed by atoms with E-state index in [9.17, 15) is 0 Å². The van der Waals surface area contributed by atoms with Crippen molar-refractivity contribution in [2.45, 2.75) is 78.6 Å². The molecule has 2 aliphatic heterocycles. The third-order valence-electron chi connectivity index (χ3n) is 14.0. The van der Waals surface area contributed by atoms with E-state index >= 15 is 0 Å². The van der Waals surface area contributed by atoms with Crippen molar-refractivity contribution < 1.29 is 0 Å². The average Bonchev–Trinajstić information content (AvgIpc) is 4.00. The van der Waals surface area contributed by atoms with Crippen molar-refractivity contribution in [1.82, 2.24) is 4.57 Å². The number of nitrogens with zero attached hydrogens (tertiary/aromatic N) is 2. The van der Waals surface area contributed by atoms with E-state index in [0.717, 1.165) is 0 Å². The van der Waals surface area contributed by atoms with Crippen LogP contribution in [0.25, 0.3) is 89.1 Å². The Labute approximate surface area is 375 Å². The minimum Gasteiger partial charge on any atom is -0.376 e. The number of anilines is 2. The Kier molecular flexibility index (Phi) is 7.31. The van der Waals surface area contributed by atoms with E-state index in [4.69, 9.17) is 0 Å². The third-order valence-corrected chi connectivity index (χ3v) is 17.6. The second kappa shape index (κ2) is 12.2. The standard InChI is InChI=1S/C56H47BN2S3/c1-54(2,3)30-18-22-33(23-19-30)59-41-29-45-36(34-14-10-12-16-42(34)60-45)28-38(41)46-47-35-15-11-13-17-43(35)61-52(47)48-37-26-31(55(4,5)6)20-24-40(37)58-50-39-27-32(56(7,8)9)21-25-44(39)62-53(50)57(59)49(46)51(48)58/h10-29H,1-9H3. The zero-order valence-electron chi connectivity index (χ0n) is 36.7. The van der Waals surface area contributed by atoms with Gasteiger partial charge >= 0.3 is 6.85 Å². The first-order valence-electron chi connectivity index (χ1n) is 22.0. The maximum Gasteiger partial charge on any atom is 0.343 e. The fourth-order valence-electron chi connectivity index (χ4n) is 10.8. The largest absolute Gasteiger partial charge is 0.376 e. The molecule has 0 atom stereocenters. The van der Waals surface area contributed by atoms with Gasteiger partial charge in [-0.05, 0) is 105 Å². The minimum absolute atomic E-state index is 0.00427. The molecule has 0 bridgehead atoms. The summed E-state index contributed by atoms with van der Waals surface area (Å²) in [7, 11) is 0. The molecule has 62 heavy (non-hydrogen) atoms. The summed E-state index contributed by atoms with van der Waals surface area (Å²) in [6.45, 7) is 21.0. The van der Waals surface area contributed by atoms with Gasteiger partial charge in [0.2, 0.25) is 0 Å². The zero-order chi connectivity index (χ0) is 42.4. The molecule has 13 rings (SSSR count). The summed E-state index contributed by atoms with van der Waals surface area (Å²) in [6, 6.07) is 47.6. The summed E-state index contributed by atoms with van der Waals surface area (Å²) in [5, 5.41) is 9.55. The fraction of sp³-hybridized carbons (Fsp3) is 0.214. The summed E-state index contributed by atoms with van der Waals surface area (Å²) in [5.74, 6) is 0. The molecule has 0 spiro atoms. The Morgan fingerprint density at radius 1 is 0.484 bits per heavy atom. The maximum absolute atomic E-state index is 2.74. The molecule has 2 aliphatic rings. The number of hydrogen-bond acceptors (Lipinski definition) is 4. The molecule has 0 radical (unpaired) electrons. The van der Waals surface area contributed by atoms with Crippen molar-refractivity contribution in [2.24, 2.45) is 0 Å². The van der Waals surface area contributed by atoms with Crippen LogP contribution in [0.4, 0.5) is 11.4 Å². The lowest BCUT2D eigenvalue weighted by Gasteiger charge is -2.41. The Hall–Kier alpha value is -5.40. The van der Waals surface area contributed by atoms with Gasteiger partial charge in [-0.25, -0.2) is 0 Å². The van der Waals surface area contributed by atoms with Gasteiger partial charge in [0.25, 0.3) is 0 Å². The molecule has 11 aromatic rings. The maximum atomic E-state index is 2.74. The lowest BCUT2D eigenvalue weighted by Crippen LogP contribution is -2.59. The highest BCUT2D eigenvalue weighted by Gasteiger charge is 2.47. The highest BCUT2D eigenvalue weighted by atomic mass is 32.1. The highest BCUT2D eigenvalue weighted by molar-refractivity contribution is 7.32. The van der Waals surface area contributed by atoms with Crippen LogP contribution in [0.1, 0.15) is 79.0 Å². The van der Waals surface area contributed by atoms with Gasteiger partial charge in [0.1, 0.15) is 0 Å². The van der Waals surface area contributed by atoms with Crippen LogP contribution in [-0.2, 0) is 16.2 Å². The monoisotopic (exact) mass is 854 g/mol. The topological polar surface area (TPSA) is 8.17 Å². The summed E-state index contributed by atoms with van der Waals surface area (Å²) >= 11 is 5.91. The first-order valence-corrected chi connectivity index (χ1v) is 24.5. The Balaban J connectivity index is 1.29. The molecule has 0 aliphatic carbocycles. The molecule has 6 heteroatoms. The van der Waals surface area contributed by atoms with Crippen LogP contribution in [0, 0.1) is 0 Å². The van der Waals surface area contributed by atoms with Gasteiger partial charge in [0.15, 0.2) is 0 Å². The van der Waals surface area contributed by atoms with Crippen LogP contribution in [0.3, 0.4) is 0 Å². The zero-order valence-corrected chi connectivity index (χ0v) is 39.2. The van der Waals surface area contributed by atoms with Gasteiger partial charge in [-0.2, -0.15) is 0 Å². The lowest BCUT2D eigenvalue weighted by molar-refractivity contribution is 0.590. The van der Waals surface area contributed by atoms with Gasteiger partial charge in [-0.1, -0.05) is 123 Å². The summed E-state index contributed by atoms with van der Waals surface area (Å²) in [5.41, 5.74) is 14.9. The van der Waals surface area contributed by atoms with Gasteiger partial charge < -0.3 is 9.38 Å². The van der Waals surface area contributed by atoms with Crippen molar-refractivity contribution >= 4 is 135 Å². The molecule has 4 aromatic heterocycles. The first kappa shape index (κ1) is 37.2. The molecule has 7 aromatic carbocycles. The Morgan fingerprint density at radius 3 is 1.81 bits per heavy atom. The number of fused-ring (bicyclic) bond motifs is 18. The van der Waals surface area contributed by atoms with Crippen LogP contribution in [-0.4, -0.2) is 11.4 Å². The predicted molar refractivity (Wildman–Crippen MR) is 277 cm³/mol. The molecule has 302 valence electrons. The van der Waals surface area contributed by atoms with E-state index in [1.54, 1.807) is 0 Å². The second-order valence-electron chi connectivity index (χ2n) is 20.9. The molecule has 0 N–H and O–H groups in total. The van der Waals surface area contributed by atoms with Crippen LogP contribution in [0.15, 0.2) is 121 Å². The first-order chi connectivity index (χ1) is 29.6. The van der Waals surface area contributed by atoms with E-state index in [1.165, 1.54) is 127 Å². The van der Waals surface area contributed by atoms with Gasteiger partial charge in [0.05, 0.1) is 16.7 Å². The average molecular weight is 855 g/mol. The lowest BCUT2D eigenvalue weighted by atomic mass is 9.47. The molecular weight excluding hydrogens is 808 g/mol. The van der Waals surface area contributed by atoms with Gasteiger partial charge in [-0.3, -0.25) is 0 Å². The summed E-state index contributed by atoms with van der Waals surface area (Å²) < 4.78 is 10.9. The fourth-order valence-corrected chi connectivity index (χ4v) is 14.5. The van der Waals surface area contributed by atoms with Crippen molar-refractivity contribution in [3.63, 3.8) is 0 Å². The van der Waals surface area contributed by atoms with E-state index < -0.39 is 0 Å². The van der Waals surface area contributed by atoms with E-state index in [1.807, 2.05) is 34.0 Å². The number of benzene rings is 7. The molecule has 0 saturated heterocycles.